The first-order valence-electron chi connectivity index (χ1n) is 3.76. The van der Waals surface area contributed by atoms with Crippen LogP contribution >= 0.6 is 0 Å². The normalized spacial score (nSPS) is 21.7. The highest BCUT2D eigenvalue weighted by Gasteiger charge is 2.17. The zero-order valence-corrected chi connectivity index (χ0v) is 6.40. The number of hydrogen-bond donors (Lipinski definition) is 1. The molecular weight excluding hydrogens is 152 g/mol. The number of carbonyl (C=O) groups is 1. The highest BCUT2D eigenvalue weighted by molar-refractivity contribution is 5.97. The van der Waals surface area contributed by atoms with Crippen LogP contribution in [0.2, 0.25) is 0 Å². The van der Waals surface area contributed by atoms with Crippen molar-refractivity contribution in [1.82, 2.24) is 10.2 Å². The van der Waals surface area contributed by atoms with Gasteiger partial charge >= 0.3 is 0 Å². The lowest BCUT2D eigenvalue weighted by Crippen LogP contribution is -2.09. The first-order valence-corrected chi connectivity index (χ1v) is 3.76. The monoisotopic (exact) mass is 160 g/mol. The fraction of sp³-hybridized carbons (Fsp3) is 0.111. The highest BCUT2D eigenvalue weighted by atomic mass is 16.1. The van der Waals surface area contributed by atoms with Gasteiger partial charge in [-0.1, -0.05) is 18.2 Å². The molecule has 1 aliphatic rings. The lowest BCUT2D eigenvalue weighted by Gasteiger charge is -2.08. The second-order valence-corrected chi connectivity index (χ2v) is 2.64. The maximum Gasteiger partial charge on any atom is 0.168 e. The fourth-order valence-electron chi connectivity index (χ4n) is 1.22. The summed E-state index contributed by atoms with van der Waals surface area (Å²) >= 11 is 0. The summed E-state index contributed by atoms with van der Waals surface area (Å²) in [4.78, 5) is 11.3. The molecule has 0 saturated heterocycles. The molecule has 0 spiro atoms. The third-order valence-corrected chi connectivity index (χ3v) is 1.84. The van der Waals surface area contributed by atoms with Crippen molar-refractivity contribution in [3.05, 3.63) is 42.3 Å². The number of aromatic amines is 1. The number of allylic oxidation sites excluding steroid dienone is 4. The van der Waals surface area contributed by atoms with E-state index < -0.39 is 0 Å². The van der Waals surface area contributed by atoms with Crippen molar-refractivity contribution in [3.63, 3.8) is 0 Å². The minimum absolute atomic E-state index is 0.0988. The Morgan fingerprint density at radius 2 is 2.33 bits per heavy atom. The van der Waals surface area contributed by atoms with Gasteiger partial charge in [-0.2, -0.15) is 5.10 Å². The third-order valence-electron chi connectivity index (χ3n) is 1.84. The summed E-state index contributed by atoms with van der Waals surface area (Å²) in [6.45, 7) is 0. The Morgan fingerprint density at radius 3 is 3.00 bits per heavy atom. The van der Waals surface area contributed by atoms with E-state index in [4.69, 9.17) is 0 Å². The average Bonchev–Trinajstić information content (AvgIpc) is 2.57. The zero-order valence-electron chi connectivity index (χ0n) is 6.40. The Morgan fingerprint density at radius 1 is 1.42 bits per heavy atom. The molecule has 1 heterocycles. The molecule has 1 aliphatic carbocycles. The second-order valence-electron chi connectivity index (χ2n) is 2.64. The van der Waals surface area contributed by atoms with E-state index in [9.17, 15) is 4.79 Å². The molecule has 1 unspecified atom stereocenters. The predicted octanol–water partition coefficient (Wildman–Crippen LogP) is 1.19. The van der Waals surface area contributed by atoms with Crippen molar-refractivity contribution in [2.45, 2.75) is 5.92 Å². The molecule has 0 aliphatic heterocycles. The highest BCUT2D eigenvalue weighted by Crippen LogP contribution is 2.18. The molecule has 1 N–H and O–H groups in total. The number of H-pyrrole nitrogens is 1. The van der Waals surface area contributed by atoms with E-state index in [2.05, 4.69) is 10.2 Å². The predicted molar refractivity (Wildman–Crippen MR) is 44.6 cm³/mol. The first-order chi connectivity index (χ1) is 5.88. The molecular formula is C9H8N2O. The third kappa shape index (κ3) is 1.09. The van der Waals surface area contributed by atoms with Gasteiger partial charge in [0.25, 0.3) is 0 Å². The number of nitrogens with one attached hydrogen (secondary N) is 1. The van der Waals surface area contributed by atoms with Crippen molar-refractivity contribution in [1.29, 1.82) is 0 Å². The smallest absolute Gasteiger partial charge is 0.168 e. The van der Waals surface area contributed by atoms with Crippen LogP contribution in [0.1, 0.15) is 11.6 Å². The summed E-state index contributed by atoms with van der Waals surface area (Å²) in [7, 11) is 0. The van der Waals surface area contributed by atoms with Crippen molar-refractivity contribution in [3.8, 4) is 0 Å². The van der Waals surface area contributed by atoms with Gasteiger partial charge in [-0.05, 0) is 12.1 Å². The molecule has 0 fully saturated rings. The lowest BCUT2D eigenvalue weighted by atomic mass is 9.96. The van der Waals surface area contributed by atoms with Gasteiger partial charge in [0, 0.05) is 11.9 Å². The summed E-state index contributed by atoms with van der Waals surface area (Å²) in [5.74, 6) is -0.0701. The average molecular weight is 160 g/mol. The van der Waals surface area contributed by atoms with Crippen LogP contribution in [0.15, 0.2) is 36.6 Å². The van der Waals surface area contributed by atoms with Gasteiger partial charge < -0.3 is 0 Å². The van der Waals surface area contributed by atoms with Crippen LogP contribution in [-0.2, 0) is 4.79 Å². The molecule has 1 atom stereocenters. The minimum Gasteiger partial charge on any atom is -0.294 e. The number of hydrogen-bond acceptors (Lipinski definition) is 2. The molecule has 2 rings (SSSR count). The van der Waals surface area contributed by atoms with Crippen molar-refractivity contribution in [2.24, 2.45) is 0 Å². The molecule has 60 valence electrons. The van der Waals surface area contributed by atoms with E-state index in [1.165, 1.54) is 0 Å². The molecule has 1 aromatic heterocycles. The van der Waals surface area contributed by atoms with Crippen LogP contribution in [0, 0.1) is 0 Å². The number of nitrogens with zero attached hydrogens (tertiary/aromatic N) is 1. The van der Waals surface area contributed by atoms with Gasteiger partial charge in [0.05, 0.1) is 5.92 Å². The van der Waals surface area contributed by atoms with E-state index in [0.29, 0.717) is 0 Å². The van der Waals surface area contributed by atoms with Crippen molar-refractivity contribution < 1.29 is 4.79 Å². The molecule has 0 saturated carbocycles. The standard InChI is InChI=1S/C9H8N2O/c12-9-4-2-1-3-7(9)8-5-6-10-11-8/h1-7H,(H,10,11). The van der Waals surface area contributed by atoms with Gasteiger partial charge in [-0.25, -0.2) is 0 Å². The fourth-order valence-corrected chi connectivity index (χ4v) is 1.22. The maximum atomic E-state index is 11.3. The van der Waals surface area contributed by atoms with Crippen LogP contribution in [0.3, 0.4) is 0 Å². The molecule has 0 aromatic carbocycles. The largest absolute Gasteiger partial charge is 0.294 e. The van der Waals surface area contributed by atoms with Crippen LogP contribution < -0.4 is 0 Å². The van der Waals surface area contributed by atoms with Gasteiger partial charge in [0.2, 0.25) is 0 Å². The van der Waals surface area contributed by atoms with Gasteiger partial charge in [-0.3, -0.25) is 9.89 Å². The van der Waals surface area contributed by atoms with E-state index in [1.807, 2.05) is 18.2 Å². The minimum atomic E-state index is -0.169. The Bertz CT molecular complexity index is 335. The van der Waals surface area contributed by atoms with Crippen LogP contribution in [0.25, 0.3) is 0 Å². The van der Waals surface area contributed by atoms with E-state index in [0.717, 1.165) is 5.69 Å². The summed E-state index contributed by atoms with van der Waals surface area (Å²) < 4.78 is 0. The summed E-state index contributed by atoms with van der Waals surface area (Å²) in [5, 5.41) is 6.58. The van der Waals surface area contributed by atoms with Crippen molar-refractivity contribution >= 4 is 5.78 Å². The van der Waals surface area contributed by atoms with E-state index in [1.54, 1.807) is 18.3 Å². The Kier molecular flexibility index (Phi) is 1.63. The maximum absolute atomic E-state index is 11.3. The number of carbonyl (C=O) groups excluding carboxylic acids is 1. The van der Waals surface area contributed by atoms with Crippen molar-refractivity contribution in [2.75, 3.05) is 0 Å². The van der Waals surface area contributed by atoms with Crippen LogP contribution in [0.4, 0.5) is 0 Å². The molecule has 3 nitrogen and oxygen atoms in total. The zero-order chi connectivity index (χ0) is 8.39. The quantitative estimate of drug-likeness (QED) is 0.670. The van der Waals surface area contributed by atoms with E-state index in [-0.39, 0.29) is 11.7 Å². The molecule has 0 amide bonds. The first kappa shape index (κ1) is 7.03. The molecule has 1 aromatic rings. The molecule has 0 bridgehead atoms. The summed E-state index contributed by atoms with van der Waals surface area (Å²) in [6, 6.07) is 1.81. The number of aromatic nitrogens is 2. The Balaban J connectivity index is 2.31. The molecule has 12 heavy (non-hydrogen) atoms. The second kappa shape index (κ2) is 2.77. The van der Waals surface area contributed by atoms with E-state index >= 15 is 0 Å². The van der Waals surface area contributed by atoms with Gasteiger partial charge in [0.15, 0.2) is 5.78 Å². The number of rotatable bonds is 1. The Hall–Kier alpha value is -1.64. The Labute approximate surface area is 69.8 Å². The lowest BCUT2D eigenvalue weighted by molar-refractivity contribution is -0.115. The van der Waals surface area contributed by atoms with Gasteiger partial charge in [0.1, 0.15) is 0 Å². The topological polar surface area (TPSA) is 45.8 Å². The van der Waals surface area contributed by atoms with Crippen LogP contribution in [-0.4, -0.2) is 16.0 Å². The summed E-state index contributed by atoms with van der Waals surface area (Å²) in [5.41, 5.74) is 0.848. The molecule has 0 radical (unpaired) electrons. The van der Waals surface area contributed by atoms with Crippen LogP contribution in [0.5, 0.6) is 0 Å². The SMILES string of the molecule is O=C1C=CC=CC1c1ccn[nH]1. The van der Waals surface area contributed by atoms with Gasteiger partial charge in [-0.15, -0.1) is 0 Å². The number of ketones is 1. The molecule has 3 heteroatoms. The summed E-state index contributed by atoms with van der Waals surface area (Å²) in [6.07, 6.45) is 8.69.